The fourth-order valence-electron chi connectivity index (χ4n) is 5.20. The van der Waals surface area contributed by atoms with Gasteiger partial charge in [0.15, 0.2) is 5.78 Å². The molecule has 37 heavy (non-hydrogen) atoms. The average molecular weight is 669 g/mol. The molecule has 191 valence electrons. The van der Waals surface area contributed by atoms with E-state index in [9.17, 15) is 4.79 Å². The summed E-state index contributed by atoms with van der Waals surface area (Å²) in [4.78, 5) is 14.8. The Morgan fingerprint density at radius 3 is 2.41 bits per heavy atom. The summed E-state index contributed by atoms with van der Waals surface area (Å²) < 4.78 is 6.19. The van der Waals surface area contributed by atoms with Crippen LogP contribution in [0, 0.1) is 6.07 Å². The average Bonchev–Trinajstić information content (AvgIpc) is 3.17. The Bertz CT molecular complexity index is 1690. The predicted molar refractivity (Wildman–Crippen MR) is 147 cm³/mol. The topological polar surface area (TPSA) is 63.3 Å². The van der Waals surface area contributed by atoms with Gasteiger partial charge in [0.1, 0.15) is 11.2 Å². The Kier molecular flexibility index (Phi) is 7.16. The van der Waals surface area contributed by atoms with Crippen molar-refractivity contribution in [2.75, 3.05) is 0 Å². The minimum Gasteiger partial charge on any atom is -0.512 e. The number of carbonyl (C=O) groups excluding carboxylic acids is 1. The third-order valence-corrected chi connectivity index (χ3v) is 6.98. The zero-order valence-corrected chi connectivity index (χ0v) is 24.3. The van der Waals surface area contributed by atoms with Crippen LogP contribution < -0.4 is 0 Å². The molecule has 1 aliphatic carbocycles. The third kappa shape index (κ3) is 4.63. The molecule has 6 rings (SSSR count). The number of aliphatic hydroxyl groups is 1. The zero-order valence-electron chi connectivity index (χ0n) is 21.9. The molecule has 0 aliphatic heterocycles. The van der Waals surface area contributed by atoms with Crippen LogP contribution in [0.15, 0.2) is 71.0 Å². The van der Waals surface area contributed by atoms with Gasteiger partial charge >= 0.3 is 0 Å². The number of hydrogen-bond acceptors (Lipinski definition) is 4. The monoisotopic (exact) mass is 669 g/mol. The number of allylic oxidation sites excluding steroid dienone is 2. The van der Waals surface area contributed by atoms with Gasteiger partial charge in [-0.1, -0.05) is 74.0 Å². The van der Waals surface area contributed by atoms with Gasteiger partial charge in [0.2, 0.25) is 0 Å². The van der Waals surface area contributed by atoms with Crippen molar-refractivity contribution >= 4 is 38.5 Å². The molecule has 0 bridgehead atoms. The van der Waals surface area contributed by atoms with Crippen LogP contribution in [0.2, 0.25) is 0 Å². The van der Waals surface area contributed by atoms with Crippen LogP contribution in [0.4, 0.5) is 0 Å². The van der Waals surface area contributed by atoms with Crippen molar-refractivity contribution in [1.82, 2.24) is 4.98 Å². The predicted octanol–water partition coefficient (Wildman–Crippen LogP) is 8.40. The Labute approximate surface area is 230 Å². The molecule has 2 heterocycles. The summed E-state index contributed by atoms with van der Waals surface area (Å²) in [5.41, 5.74) is 7.61. The standard InChI is InChI=1S/C27H22NO.C5H8O2.Ir/c1-15(2)16-8-9-17-13-19-21(14-18(17)12-16)27(3,4)20-6-5-7-22-24(20)25-23(29-22)10-11-28-26(19)25;1-4(6)3-5(2)7;/h5-12,14-15H,1-4H3;3,6H,1-2H3;/q-1;;/b;4-3-;. The van der Waals surface area contributed by atoms with Gasteiger partial charge in [-0.2, -0.15) is 0 Å². The first-order valence-electron chi connectivity index (χ1n) is 12.3. The molecule has 1 radical (unpaired) electrons. The molecule has 0 atom stereocenters. The zero-order chi connectivity index (χ0) is 25.8. The molecular formula is C32H30IrNO3-. The molecule has 5 heteroatoms. The largest absolute Gasteiger partial charge is 0.512 e. The number of furan rings is 1. The van der Waals surface area contributed by atoms with Gasteiger partial charge in [-0.25, -0.2) is 0 Å². The van der Waals surface area contributed by atoms with Gasteiger partial charge in [0.05, 0.1) is 5.76 Å². The van der Waals surface area contributed by atoms with Crippen LogP contribution in [0.3, 0.4) is 0 Å². The minimum atomic E-state index is -0.190. The molecule has 1 aliphatic rings. The smallest absolute Gasteiger partial charge is 0.155 e. The van der Waals surface area contributed by atoms with Gasteiger partial charge < -0.3 is 9.52 Å². The number of aliphatic hydroxyl groups excluding tert-OH is 1. The Morgan fingerprint density at radius 1 is 1.03 bits per heavy atom. The molecular weight excluding hydrogens is 639 g/mol. The Balaban J connectivity index is 0.000000356. The molecule has 0 amide bonds. The van der Waals surface area contributed by atoms with Crippen molar-refractivity contribution in [1.29, 1.82) is 0 Å². The first kappa shape index (κ1) is 26.8. The van der Waals surface area contributed by atoms with E-state index < -0.39 is 0 Å². The van der Waals surface area contributed by atoms with Crippen LogP contribution in [0.1, 0.15) is 64.2 Å². The maximum absolute atomic E-state index is 10.0. The minimum absolute atomic E-state index is 0. The van der Waals surface area contributed by atoms with E-state index in [0.29, 0.717) is 5.92 Å². The van der Waals surface area contributed by atoms with Crippen molar-refractivity contribution < 1.29 is 34.4 Å². The number of nitrogens with zero attached hydrogens (tertiary/aromatic N) is 1. The Hall–Kier alpha value is -3.27. The van der Waals surface area contributed by atoms with Crippen molar-refractivity contribution in [2.45, 2.75) is 52.9 Å². The van der Waals surface area contributed by atoms with E-state index in [1.54, 1.807) is 0 Å². The van der Waals surface area contributed by atoms with E-state index in [4.69, 9.17) is 14.5 Å². The molecule has 0 saturated heterocycles. The normalized spacial score (nSPS) is 13.8. The fourth-order valence-corrected chi connectivity index (χ4v) is 5.20. The molecule has 0 spiro atoms. The quantitative estimate of drug-likeness (QED) is 0.117. The second-order valence-electron chi connectivity index (χ2n) is 10.4. The molecule has 4 nitrogen and oxygen atoms in total. The molecule has 2 aromatic heterocycles. The number of ketones is 1. The number of carbonyl (C=O) groups is 1. The summed E-state index contributed by atoms with van der Waals surface area (Å²) in [6, 6.07) is 21.2. The van der Waals surface area contributed by atoms with Crippen molar-refractivity contribution in [3.8, 4) is 11.3 Å². The first-order valence-corrected chi connectivity index (χ1v) is 12.3. The van der Waals surface area contributed by atoms with Crippen LogP contribution >= 0.6 is 0 Å². The van der Waals surface area contributed by atoms with E-state index in [2.05, 4.69) is 76.2 Å². The SMILES string of the molecule is CC(=O)/C=C(/C)O.CC(C)c1ccc2[c-]c3c(cc2c1)C(C)(C)c1cccc2oc4ccnc-3c4c12.[Ir]. The molecule has 0 unspecified atom stereocenters. The number of pyridine rings is 1. The van der Waals surface area contributed by atoms with Gasteiger partial charge in [-0.3, -0.25) is 9.78 Å². The summed E-state index contributed by atoms with van der Waals surface area (Å²) in [7, 11) is 0. The molecule has 0 saturated carbocycles. The summed E-state index contributed by atoms with van der Waals surface area (Å²) in [5, 5.41) is 13.0. The number of hydrogen-bond donors (Lipinski definition) is 1. The summed E-state index contributed by atoms with van der Waals surface area (Å²) in [6.07, 6.45) is 3.02. The number of fused-ring (bicyclic) bond motifs is 3. The van der Waals surface area contributed by atoms with E-state index in [1.807, 2.05) is 12.3 Å². The van der Waals surface area contributed by atoms with Gasteiger partial charge in [-0.15, -0.1) is 23.6 Å². The second-order valence-corrected chi connectivity index (χ2v) is 10.4. The fraction of sp³-hybridized carbons (Fsp3) is 0.250. The van der Waals surface area contributed by atoms with Crippen LogP contribution in [0.25, 0.3) is 44.0 Å². The van der Waals surface area contributed by atoms with E-state index in [-0.39, 0.29) is 37.1 Å². The third-order valence-electron chi connectivity index (χ3n) is 6.98. The Morgan fingerprint density at radius 2 is 1.76 bits per heavy atom. The van der Waals surface area contributed by atoms with Gasteiger partial charge in [0, 0.05) is 48.8 Å². The summed E-state index contributed by atoms with van der Waals surface area (Å²) in [5.74, 6) is 0.440. The molecule has 0 fully saturated rings. The van der Waals surface area contributed by atoms with Crippen LogP contribution in [-0.2, 0) is 30.3 Å². The maximum atomic E-state index is 10.0. The first-order chi connectivity index (χ1) is 17.1. The van der Waals surface area contributed by atoms with Crippen molar-refractivity contribution in [3.05, 3.63) is 89.3 Å². The van der Waals surface area contributed by atoms with E-state index in [0.717, 1.165) is 33.2 Å². The van der Waals surface area contributed by atoms with Gasteiger partial charge in [0.25, 0.3) is 0 Å². The number of benzene rings is 3. The van der Waals surface area contributed by atoms with E-state index in [1.165, 1.54) is 47.4 Å². The molecule has 5 aromatic rings. The summed E-state index contributed by atoms with van der Waals surface area (Å²) in [6.45, 7) is 11.9. The number of rotatable bonds is 2. The van der Waals surface area contributed by atoms with Gasteiger partial charge in [-0.05, 0) is 42.9 Å². The molecule has 1 N–H and O–H groups in total. The maximum Gasteiger partial charge on any atom is 0.155 e. The van der Waals surface area contributed by atoms with E-state index >= 15 is 0 Å². The van der Waals surface area contributed by atoms with Crippen LogP contribution in [0.5, 0.6) is 0 Å². The summed E-state index contributed by atoms with van der Waals surface area (Å²) >= 11 is 0. The number of aromatic nitrogens is 1. The van der Waals surface area contributed by atoms with Crippen LogP contribution in [-0.4, -0.2) is 15.9 Å². The second kappa shape index (κ2) is 9.89. The molecule has 3 aromatic carbocycles. The van der Waals surface area contributed by atoms with Crippen molar-refractivity contribution in [2.24, 2.45) is 0 Å². The van der Waals surface area contributed by atoms with Crippen molar-refractivity contribution in [3.63, 3.8) is 0 Å².